The molecule has 2 aromatic heterocycles. The molecule has 0 aliphatic heterocycles. The second kappa shape index (κ2) is 22.3. The molecule has 0 atom stereocenters. The van der Waals surface area contributed by atoms with Gasteiger partial charge in [0, 0.05) is 6.42 Å². The van der Waals surface area contributed by atoms with Crippen LogP contribution in [0.3, 0.4) is 0 Å². The molecule has 0 unspecified atom stereocenters. The normalized spacial score (nSPS) is 16.0. The van der Waals surface area contributed by atoms with Gasteiger partial charge in [0.2, 0.25) is 0 Å². The molecule has 10 heteroatoms. The van der Waals surface area contributed by atoms with Gasteiger partial charge in [-0.2, -0.15) is 0 Å². The van der Waals surface area contributed by atoms with E-state index in [1.54, 1.807) is 0 Å². The van der Waals surface area contributed by atoms with E-state index in [1.807, 2.05) is 46.0 Å². The number of unbranched alkanes of at least 4 members (excludes halogenated alkanes) is 14. The van der Waals surface area contributed by atoms with Crippen LogP contribution in [0.15, 0.2) is 58.1 Å². The van der Waals surface area contributed by atoms with Crippen LogP contribution in [0.4, 0.5) is 0 Å². The zero-order valence-electron chi connectivity index (χ0n) is 29.6. The van der Waals surface area contributed by atoms with Crippen LogP contribution in [0.2, 0.25) is 0 Å². The molecule has 0 radical (unpaired) electrons. The van der Waals surface area contributed by atoms with Crippen LogP contribution in [0.1, 0.15) is 128 Å². The van der Waals surface area contributed by atoms with Gasteiger partial charge >= 0.3 is 262 Å². The first-order valence-electron chi connectivity index (χ1n) is 19.0. The molecule has 2 aromatic carbocycles. The summed E-state index contributed by atoms with van der Waals surface area (Å²) in [5.41, 5.74) is 0.393. The number of aliphatic carboxylic acids is 2. The summed E-state index contributed by atoms with van der Waals surface area (Å²) in [7, 11) is 0. The van der Waals surface area contributed by atoms with Gasteiger partial charge in [-0.25, -0.2) is 0 Å². The number of nitrogens with zero attached hydrogens (tertiary/aromatic N) is 2. The molecular formula is C40H56N2O6Se2. The second-order valence-electron chi connectivity index (χ2n) is 14.0. The third-order valence-electron chi connectivity index (χ3n) is 9.98. The molecule has 2 N–H and O–H groups in total. The van der Waals surface area contributed by atoms with Crippen LogP contribution in [-0.2, 0) is 22.7 Å². The van der Waals surface area contributed by atoms with Crippen LogP contribution in [0.5, 0.6) is 0 Å². The summed E-state index contributed by atoms with van der Waals surface area (Å²) in [6, 6.07) is 15.9. The summed E-state index contributed by atoms with van der Waals surface area (Å²) < 4.78 is 6.45. The number of aromatic nitrogens is 2. The zero-order chi connectivity index (χ0) is 35.6. The number of rotatable bonds is 21. The number of aryl methyl sites for hydroxylation is 1. The maximum absolute atomic E-state index is 12.3. The Labute approximate surface area is 308 Å². The van der Waals surface area contributed by atoms with E-state index in [-0.39, 0.29) is 46.5 Å². The van der Waals surface area contributed by atoms with E-state index in [9.17, 15) is 19.2 Å². The molecule has 274 valence electrons. The van der Waals surface area contributed by atoms with Crippen molar-refractivity contribution in [3.63, 3.8) is 0 Å². The van der Waals surface area contributed by atoms with Crippen molar-refractivity contribution in [2.75, 3.05) is 0 Å². The van der Waals surface area contributed by atoms with E-state index in [1.165, 1.54) is 85.6 Å². The summed E-state index contributed by atoms with van der Waals surface area (Å²) in [5.74, 6) is -1.05. The topological polar surface area (TPSA) is 119 Å². The van der Waals surface area contributed by atoms with Crippen molar-refractivity contribution in [1.82, 2.24) is 7.12 Å². The Hall–Kier alpha value is -2.64. The molecule has 0 saturated heterocycles. The first kappa shape index (κ1) is 40.1. The van der Waals surface area contributed by atoms with Crippen molar-refractivity contribution in [3.8, 4) is 0 Å². The van der Waals surface area contributed by atoms with E-state index in [2.05, 4.69) is 9.63 Å². The predicted molar refractivity (Wildman–Crippen MR) is 205 cm³/mol. The summed E-state index contributed by atoms with van der Waals surface area (Å²) in [5, 5.41) is 19.4. The van der Waals surface area contributed by atoms with E-state index in [0.29, 0.717) is 12.3 Å². The Balaban J connectivity index is 0.000000242. The van der Waals surface area contributed by atoms with Crippen molar-refractivity contribution in [2.45, 2.75) is 142 Å². The zero-order valence-corrected chi connectivity index (χ0v) is 33.0. The molecule has 4 aromatic rings. The molecule has 5 rings (SSSR count). The fraction of sp³-hybridized carbons (Fsp3) is 0.600. The molecular weight excluding hydrogens is 762 g/mol. The Morgan fingerprint density at radius 2 is 1.00 bits per heavy atom. The van der Waals surface area contributed by atoms with E-state index < -0.39 is 11.9 Å². The number of benzene rings is 2. The standard InChI is InChI=1S/C25H39NO3Se.C15H17NO3Se/c27-24(28)20-14-12-10-8-6-4-2-1-3-5-7-9-11-13-17-21-26-25(29)22-18-15-16-19-23(22)30-26;17-14-12-3-1-2-4-13(12)20-16(14)9-10-5-7-11(8-6-10)15(18)19/h15-16,18-19H,1-14,17,20-21H2,(H,27,28);1-4,10-11H,5-9H2,(H,18,19). The molecule has 50 heavy (non-hydrogen) atoms. The molecule has 0 bridgehead atoms. The summed E-state index contributed by atoms with van der Waals surface area (Å²) in [6.07, 6.45) is 22.4. The number of carboxylic acids is 2. The molecule has 1 fully saturated rings. The average molecular weight is 819 g/mol. The van der Waals surface area contributed by atoms with Crippen LogP contribution >= 0.6 is 0 Å². The van der Waals surface area contributed by atoms with Crippen molar-refractivity contribution in [2.24, 2.45) is 11.8 Å². The van der Waals surface area contributed by atoms with Gasteiger partial charge in [-0.15, -0.1) is 0 Å². The van der Waals surface area contributed by atoms with Crippen molar-refractivity contribution < 1.29 is 19.8 Å². The van der Waals surface area contributed by atoms with Gasteiger partial charge in [0.1, 0.15) is 0 Å². The number of hydrogen-bond donors (Lipinski definition) is 2. The van der Waals surface area contributed by atoms with Crippen LogP contribution in [0.25, 0.3) is 19.3 Å². The van der Waals surface area contributed by atoms with Crippen molar-refractivity contribution >= 4 is 60.7 Å². The molecule has 1 aliphatic rings. The van der Waals surface area contributed by atoms with Crippen LogP contribution < -0.4 is 11.1 Å². The Morgan fingerprint density at radius 1 is 0.580 bits per heavy atom. The molecule has 2 heterocycles. The monoisotopic (exact) mass is 820 g/mol. The minimum absolute atomic E-state index is 0.0946. The van der Waals surface area contributed by atoms with Gasteiger partial charge in [-0.3, -0.25) is 4.79 Å². The maximum atomic E-state index is 12.3. The first-order chi connectivity index (χ1) is 24.3. The molecule has 0 amide bonds. The number of fused-ring (bicyclic) bond motifs is 2. The van der Waals surface area contributed by atoms with Crippen LogP contribution in [0, 0.1) is 11.8 Å². The predicted octanol–water partition coefficient (Wildman–Crippen LogP) is 8.33. The van der Waals surface area contributed by atoms with Gasteiger partial charge in [0.05, 0.1) is 0 Å². The molecule has 8 nitrogen and oxygen atoms in total. The Bertz CT molecular complexity index is 1710. The Morgan fingerprint density at radius 3 is 1.46 bits per heavy atom. The number of carbonyl (C=O) groups is 2. The SMILES string of the molecule is O=C(O)C1CCC(Cn2[se]c3ccccc3c2=O)CC1.O=C(O)CCCCCCCCCCCCCCCCCn1[se]c2ccccc2c1=O. The fourth-order valence-corrected chi connectivity index (χ4v) is 11.4. The molecule has 0 spiro atoms. The quantitative estimate of drug-likeness (QED) is 0.0645. The van der Waals surface area contributed by atoms with Crippen LogP contribution in [-0.4, -0.2) is 58.7 Å². The summed E-state index contributed by atoms with van der Waals surface area (Å²) >= 11 is 0.283. The van der Waals surface area contributed by atoms with Crippen molar-refractivity contribution in [3.05, 3.63) is 69.2 Å². The minimum atomic E-state index is -0.669. The number of hydrogen-bond acceptors (Lipinski definition) is 4. The second-order valence-corrected chi connectivity index (χ2v) is 18.4. The Kier molecular flexibility index (Phi) is 17.9. The summed E-state index contributed by atoms with van der Waals surface area (Å²) in [4.78, 5) is 46.0. The summed E-state index contributed by atoms with van der Waals surface area (Å²) in [6.45, 7) is 1.72. The van der Waals surface area contributed by atoms with Gasteiger partial charge in [0.25, 0.3) is 0 Å². The molecule has 1 saturated carbocycles. The van der Waals surface area contributed by atoms with Crippen molar-refractivity contribution in [1.29, 1.82) is 0 Å². The van der Waals surface area contributed by atoms with E-state index in [4.69, 9.17) is 10.2 Å². The fourth-order valence-electron chi connectivity index (χ4n) is 6.96. The first-order valence-corrected chi connectivity index (χ1v) is 22.2. The van der Waals surface area contributed by atoms with Gasteiger partial charge in [-0.05, 0) is 6.42 Å². The third-order valence-corrected chi connectivity index (χ3v) is 14.6. The number of carboxylic acid groups (broad SMARTS) is 2. The molecule has 1 aliphatic carbocycles. The van der Waals surface area contributed by atoms with Gasteiger partial charge in [0.15, 0.2) is 0 Å². The third kappa shape index (κ3) is 13.5. The van der Waals surface area contributed by atoms with Gasteiger partial charge in [-0.1, -0.05) is 25.7 Å². The average Bonchev–Trinajstić information content (AvgIpc) is 3.61. The van der Waals surface area contributed by atoms with E-state index >= 15 is 0 Å². The van der Waals surface area contributed by atoms with E-state index in [0.717, 1.165) is 68.8 Å². The van der Waals surface area contributed by atoms with Gasteiger partial charge < -0.3 is 5.11 Å².